The second kappa shape index (κ2) is 9.31. The minimum absolute atomic E-state index is 0.0696. The molecule has 0 bridgehead atoms. The number of aliphatic imine (C=N–C) groups is 1. The molecule has 2 aliphatic heterocycles. The average Bonchev–Trinajstić information content (AvgIpc) is 3.04. The first-order valence-corrected chi connectivity index (χ1v) is 9.94. The SMILES string of the molecule is Cc1ccccc1OCC(O)CN1C(=NCCN(C)C)NC2C1C(=O)NC(=O)N2C. The fraction of sp³-hybridized carbons (Fsp3) is 0.550. The van der Waals surface area contributed by atoms with E-state index in [9.17, 15) is 14.7 Å². The summed E-state index contributed by atoms with van der Waals surface area (Å²) in [6.45, 7) is 3.39. The Bertz CT molecular complexity index is 814. The van der Waals surface area contributed by atoms with Gasteiger partial charge < -0.3 is 29.9 Å². The molecule has 3 N–H and O–H groups in total. The third-order valence-corrected chi connectivity index (χ3v) is 5.16. The number of hydrogen-bond donors (Lipinski definition) is 3. The van der Waals surface area contributed by atoms with Crippen molar-refractivity contribution in [3.8, 4) is 5.75 Å². The molecule has 3 rings (SSSR count). The predicted molar refractivity (Wildman–Crippen MR) is 112 cm³/mol. The maximum absolute atomic E-state index is 12.6. The van der Waals surface area contributed by atoms with Crippen molar-refractivity contribution < 1.29 is 19.4 Å². The molecule has 0 radical (unpaired) electrons. The number of para-hydroxylation sites is 1. The van der Waals surface area contributed by atoms with Gasteiger partial charge in [-0.2, -0.15) is 0 Å². The lowest BCUT2D eigenvalue weighted by Gasteiger charge is -2.35. The number of rotatable bonds is 8. The molecule has 3 amide bonds. The van der Waals surface area contributed by atoms with Crippen LogP contribution in [0.4, 0.5) is 4.79 Å². The van der Waals surface area contributed by atoms with Crippen LogP contribution >= 0.6 is 0 Å². The van der Waals surface area contributed by atoms with E-state index in [4.69, 9.17) is 4.74 Å². The van der Waals surface area contributed by atoms with E-state index in [2.05, 4.69) is 15.6 Å². The van der Waals surface area contributed by atoms with Gasteiger partial charge in [0.2, 0.25) is 0 Å². The second-order valence-electron chi connectivity index (χ2n) is 7.83. The van der Waals surface area contributed by atoms with Gasteiger partial charge in [-0.1, -0.05) is 18.2 Å². The number of fused-ring (bicyclic) bond motifs is 1. The van der Waals surface area contributed by atoms with Crippen LogP contribution < -0.4 is 15.4 Å². The van der Waals surface area contributed by atoms with Gasteiger partial charge in [0.15, 0.2) is 12.0 Å². The molecule has 3 unspecified atom stereocenters. The average molecular weight is 418 g/mol. The van der Waals surface area contributed by atoms with Gasteiger partial charge in [-0.3, -0.25) is 15.1 Å². The number of nitrogens with zero attached hydrogens (tertiary/aromatic N) is 4. The van der Waals surface area contributed by atoms with Crippen molar-refractivity contribution >= 4 is 17.9 Å². The predicted octanol–water partition coefficient (Wildman–Crippen LogP) is -0.566. The summed E-state index contributed by atoms with van der Waals surface area (Å²) in [5.41, 5.74) is 0.977. The lowest BCUT2D eigenvalue weighted by molar-refractivity contribution is -0.127. The molecule has 3 atom stereocenters. The van der Waals surface area contributed by atoms with Crippen molar-refractivity contribution in [3.05, 3.63) is 29.8 Å². The summed E-state index contributed by atoms with van der Waals surface area (Å²) in [6, 6.07) is 6.43. The lowest BCUT2D eigenvalue weighted by Crippen LogP contribution is -2.65. The summed E-state index contributed by atoms with van der Waals surface area (Å²) < 4.78 is 5.75. The molecule has 2 saturated heterocycles. The molecule has 1 aromatic rings. The van der Waals surface area contributed by atoms with Crippen molar-refractivity contribution in [2.45, 2.75) is 25.2 Å². The van der Waals surface area contributed by atoms with Crippen LogP contribution in [-0.2, 0) is 4.79 Å². The number of benzene rings is 1. The maximum atomic E-state index is 12.6. The zero-order valence-electron chi connectivity index (χ0n) is 17.8. The van der Waals surface area contributed by atoms with E-state index in [-0.39, 0.29) is 13.2 Å². The molecule has 10 nitrogen and oxygen atoms in total. The summed E-state index contributed by atoms with van der Waals surface area (Å²) in [6.07, 6.45) is -1.41. The first-order chi connectivity index (χ1) is 14.3. The van der Waals surface area contributed by atoms with Crippen LogP contribution in [0.5, 0.6) is 5.75 Å². The van der Waals surface area contributed by atoms with Gasteiger partial charge in [0.05, 0.1) is 13.1 Å². The number of hydrogen-bond acceptors (Lipinski definition) is 6. The number of guanidine groups is 1. The molecule has 2 aliphatic rings. The fourth-order valence-electron chi connectivity index (χ4n) is 3.46. The van der Waals surface area contributed by atoms with Crippen LogP contribution in [0, 0.1) is 6.92 Å². The van der Waals surface area contributed by atoms with E-state index in [1.165, 1.54) is 4.90 Å². The Morgan fingerprint density at radius 3 is 2.73 bits per heavy atom. The molecule has 2 heterocycles. The van der Waals surface area contributed by atoms with Crippen molar-refractivity contribution in [2.75, 3.05) is 47.4 Å². The van der Waals surface area contributed by atoms with Gasteiger partial charge in [0, 0.05) is 13.6 Å². The molecule has 0 aliphatic carbocycles. The molecule has 0 saturated carbocycles. The largest absolute Gasteiger partial charge is 0.491 e. The van der Waals surface area contributed by atoms with Gasteiger partial charge in [-0.25, -0.2) is 4.79 Å². The number of aliphatic hydroxyl groups is 1. The Balaban J connectivity index is 1.72. The Kier molecular flexibility index (Phi) is 6.78. The highest BCUT2D eigenvalue weighted by atomic mass is 16.5. The van der Waals surface area contributed by atoms with E-state index >= 15 is 0 Å². The number of β-amino-alcohol motifs (C(OH)–C–C–N with tert-alkyl or cyclic N) is 1. The number of imide groups is 1. The zero-order valence-corrected chi connectivity index (χ0v) is 17.8. The maximum Gasteiger partial charge on any atom is 0.325 e. The van der Waals surface area contributed by atoms with E-state index in [1.54, 1.807) is 11.9 Å². The molecule has 2 fully saturated rings. The van der Waals surface area contributed by atoms with E-state index in [1.807, 2.05) is 50.2 Å². The molecular formula is C20H30N6O4. The summed E-state index contributed by atoms with van der Waals surface area (Å²) in [5.74, 6) is 0.772. The topological polar surface area (TPSA) is 110 Å². The molecule has 0 aromatic heterocycles. The molecule has 0 spiro atoms. The van der Waals surface area contributed by atoms with Crippen LogP contribution in [0.25, 0.3) is 0 Å². The Hall–Kier alpha value is -2.85. The highest BCUT2D eigenvalue weighted by Crippen LogP contribution is 2.21. The highest BCUT2D eigenvalue weighted by Gasteiger charge is 2.50. The summed E-state index contributed by atoms with van der Waals surface area (Å²) in [7, 11) is 5.52. The quantitative estimate of drug-likeness (QED) is 0.519. The monoisotopic (exact) mass is 418 g/mol. The summed E-state index contributed by atoms with van der Waals surface area (Å²) >= 11 is 0. The Morgan fingerprint density at radius 2 is 2.03 bits per heavy atom. The van der Waals surface area contributed by atoms with Gasteiger partial charge in [0.1, 0.15) is 24.6 Å². The number of aryl methyl sites for hydroxylation is 1. The number of carbonyl (C=O) groups is 2. The third kappa shape index (κ3) is 4.82. The van der Waals surface area contributed by atoms with Crippen LogP contribution in [0.15, 0.2) is 29.3 Å². The number of ether oxygens (including phenoxy) is 1. The number of urea groups is 1. The van der Waals surface area contributed by atoms with Gasteiger partial charge >= 0.3 is 6.03 Å². The zero-order chi connectivity index (χ0) is 21.8. The van der Waals surface area contributed by atoms with Crippen LogP contribution in [0.3, 0.4) is 0 Å². The van der Waals surface area contributed by atoms with Gasteiger partial charge in [-0.05, 0) is 32.6 Å². The van der Waals surface area contributed by atoms with Crippen molar-refractivity contribution in [1.82, 2.24) is 25.3 Å². The molecule has 164 valence electrons. The number of carbonyl (C=O) groups excluding carboxylic acids is 2. The van der Waals surface area contributed by atoms with Crippen molar-refractivity contribution in [3.63, 3.8) is 0 Å². The van der Waals surface area contributed by atoms with Gasteiger partial charge in [-0.15, -0.1) is 0 Å². The molecular weight excluding hydrogens is 388 g/mol. The third-order valence-electron chi connectivity index (χ3n) is 5.16. The summed E-state index contributed by atoms with van der Waals surface area (Å²) in [5, 5.41) is 16.1. The smallest absolute Gasteiger partial charge is 0.325 e. The van der Waals surface area contributed by atoms with Gasteiger partial charge in [0.25, 0.3) is 5.91 Å². The molecule has 30 heavy (non-hydrogen) atoms. The molecule has 10 heteroatoms. The standard InChI is InChI=1S/C20H30N6O4/c1-13-7-5-6-8-15(13)30-12-14(27)11-26-16-17(25(4)20(29)23-18(16)28)22-19(26)21-9-10-24(2)3/h5-8,14,16-17,27H,9-12H2,1-4H3,(H,21,22)(H,23,28,29). The van der Waals surface area contributed by atoms with E-state index < -0.39 is 30.2 Å². The van der Waals surface area contributed by atoms with Crippen molar-refractivity contribution in [2.24, 2.45) is 4.99 Å². The molecule has 1 aromatic carbocycles. The highest BCUT2D eigenvalue weighted by molar-refractivity contribution is 6.04. The van der Waals surface area contributed by atoms with Crippen LogP contribution in [-0.4, -0.2) is 103 Å². The normalized spacial score (nSPS) is 23.5. The Morgan fingerprint density at radius 1 is 1.30 bits per heavy atom. The number of nitrogens with one attached hydrogen (secondary N) is 2. The van der Waals surface area contributed by atoms with E-state index in [0.717, 1.165) is 12.1 Å². The summed E-state index contributed by atoms with van der Waals surface area (Å²) in [4.78, 5) is 34.3. The van der Waals surface area contributed by atoms with E-state index in [0.29, 0.717) is 18.3 Å². The number of likely N-dealkylation sites (N-methyl/N-ethyl adjacent to an activating group) is 2. The minimum Gasteiger partial charge on any atom is -0.491 e. The lowest BCUT2D eigenvalue weighted by atomic mass is 10.1. The number of amides is 3. The number of aliphatic hydroxyl groups excluding tert-OH is 1. The minimum atomic E-state index is -0.861. The first-order valence-electron chi connectivity index (χ1n) is 9.94. The Labute approximate surface area is 176 Å². The fourth-order valence-corrected chi connectivity index (χ4v) is 3.46. The first kappa shape index (κ1) is 21.8. The second-order valence-corrected chi connectivity index (χ2v) is 7.83. The van der Waals surface area contributed by atoms with Crippen molar-refractivity contribution in [1.29, 1.82) is 0 Å². The van der Waals surface area contributed by atoms with Crippen LogP contribution in [0.1, 0.15) is 5.56 Å². The van der Waals surface area contributed by atoms with Crippen LogP contribution in [0.2, 0.25) is 0 Å².